The number of sulfone groups is 1. The van der Waals surface area contributed by atoms with E-state index in [1.54, 1.807) is 24.3 Å². The number of nitriles is 1. The second-order valence-corrected chi connectivity index (χ2v) is 7.32. The second kappa shape index (κ2) is 5.62. The molecule has 1 saturated carbocycles. The number of benzene rings is 1. The Labute approximate surface area is 113 Å². The monoisotopic (exact) mass is 279 g/mol. The molecule has 4 nitrogen and oxygen atoms in total. The van der Waals surface area contributed by atoms with Gasteiger partial charge in [-0.15, -0.1) is 0 Å². The third-order valence-corrected chi connectivity index (χ3v) is 5.11. The third kappa shape index (κ3) is 3.71. The minimum absolute atomic E-state index is 0.0542. The average molecular weight is 279 g/mol. The van der Waals surface area contributed by atoms with Crippen LogP contribution in [0.5, 0.6) is 5.75 Å². The Morgan fingerprint density at radius 2 is 1.95 bits per heavy atom. The van der Waals surface area contributed by atoms with Crippen LogP contribution < -0.4 is 4.74 Å². The molecular weight excluding hydrogens is 262 g/mol. The van der Waals surface area contributed by atoms with Gasteiger partial charge in [0.05, 0.1) is 23.0 Å². The van der Waals surface area contributed by atoms with E-state index in [0.29, 0.717) is 17.7 Å². The van der Waals surface area contributed by atoms with Crippen molar-refractivity contribution >= 4 is 9.84 Å². The summed E-state index contributed by atoms with van der Waals surface area (Å²) in [6.07, 6.45) is 4.28. The first-order valence-electron chi connectivity index (χ1n) is 6.35. The van der Waals surface area contributed by atoms with Gasteiger partial charge in [0.15, 0.2) is 0 Å². The smallest absolute Gasteiger partial charge is 0.150 e. The molecule has 0 bridgehead atoms. The van der Waals surface area contributed by atoms with Crippen molar-refractivity contribution in [1.82, 2.24) is 0 Å². The van der Waals surface area contributed by atoms with Crippen LogP contribution in [0.3, 0.4) is 0 Å². The molecule has 19 heavy (non-hydrogen) atoms. The van der Waals surface area contributed by atoms with Crippen molar-refractivity contribution in [3.05, 3.63) is 29.8 Å². The molecule has 1 aromatic rings. The zero-order valence-electron chi connectivity index (χ0n) is 10.9. The van der Waals surface area contributed by atoms with Gasteiger partial charge in [0.2, 0.25) is 0 Å². The molecule has 5 heteroatoms. The van der Waals surface area contributed by atoms with Crippen LogP contribution in [0.25, 0.3) is 0 Å². The zero-order valence-corrected chi connectivity index (χ0v) is 11.7. The highest BCUT2D eigenvalue weighted by molar-refractivity contribution is 7.91. The van der Waals surface area contributed by atoms with E-state index < -0.39 is 9.84 Å². The Morgan fingerprint density at radius 3 is 2.53 bits per heavy atom. The summed E-state index contributed by atoms with van der Waals surface area (Å²) in [6.45, 7) is 0. The van der Waals surface area contributed by atoms with Gasteiger partial charge in [-0.1, -0.05) is 0 Å². The molecule has 0 saturated heterocycles. The zero-order chi connectivity index (χ0) is 13.9. The van der Waals surface area contributed by atoms with Crippen LogP contribution >= 0.6 is 0 Å². The predicted molar refractivity (Wildman–Crippen MR) is 72.7 cm³/mol. The fraction of sp³-hybridized carbons (Fsp3) is 0.500. The van der Waals surface area contributed by atoms with Crippen molar-refractivity contribution < 1.29 is 13.2 Å². The summed E-state index contributed by atoms with van der Waals surface area (Å²) in [4.78, 5) is 0. The molecule has 1 aliphatic rings. The quantitative estimate of drug-likeness (QED) is 0.851. The van der Waals surface area contributed by atoms with Crippen molar-refractivity contribution in [2.24, 2.45) is 0 Å². The van der Waals surface area contributed by atoms with E-state index in [1.165, 1.54) is 6.26 Å². The van der Waals surface area contributed by atoms with Crippen molar-refractivity contribution in [3.8, 4) is 11.8 Å². The second-order valence-electron chi connectivity index (χ2n) is 4.99. The van der Waals surface area contributed by atoms with E-state index >= 15 is 0 Å². The maximum absolute atomic E-state index is 11.6. The number of nitrogens with zero attached hydrogens (tertiary/aromatic N) is 1. The van der Waals surface area contributed by atoms with Gasteiger partial charge < -0.3 is 4.74 Å². The minimum atomic E-state index is -2.98. The van der Waals surface area contributed by atoms with Crippen LogP contribution in [-0.2, 0) is 9.84 Å². The van der Waals surface area contributed by atoms with E-state index in [0.717, 1.165) is 19.3 Å². The molecule has 0 N–H and O–H groups in total. The predicted octanol–water partition coefficient (Wildman–Crippen LogP) is 2.29. The van der Waals surface area contributed by atoms with Crippen LogP contribution in [0.2, 0.25) is 0 Å². The Hall–Kier alpha value is -1.54. The molecule has 0 radical (unpaired) electrons. The highest BCUT2D eigenvalue weighted by Gasteiger charge is 2.29. The van der Waals surface area contributed by atoms with E-state index in [4.69, 9.17) is 10.00 Å². The SMILES string of the molecule is CS(=O)(=O)C1CCCC(Oc2ccc(C#N)cc2)C1. The van der Waals surface area contributed by atoms with Gasteiger partial charge in [0.25, 0.3) is 0 Å². The largest absolute Gasteiger partial charge is 0.490 e. The van der Waals surface area contributed by atoms with Crippen LogP contribution in [0.15, 0.2) is 24.3 Å². The third-order valence-electron chi connectivity index (χ3n) is 3.47. The number of rotatable bonds is 3. The summed E-state index contributed by atoms with van der Waals surface area (Å²) in [5.41, 5.74) is 0.588. The van der Waals surface area contributed by atoms with Gasteiger partial charge in [-0.25, -0.2) is 8.42 Å². The molecule has 0 heterocycles. The topological polar surface area (TPSA) is 67.2 Å². The first kappa shape index (κ1) is 13.9. The van der Waals surface area contributed by atoms with Gasteiger partial charge in [0, 0.05) is 12.7 Å². The van der Waals surface area contributed by atoms with Crippen LogP contribution in [-0.4, -0.2) is 26.0 Å². The Balaban J connectivity index is 2.01. The lowest BCUT2D eigenvalue weighted by Crippen LogP contribution is -2.33. The first-order chi connectivity index (χ1) is 8.99. The van der Waals surface area contributed by atoms with E-state index in [-0.39, 0.29) is 11.4 Å². The lowest BCUT2D eigenvalue weighted by Gasteiger charge is -2.28. The van der Waals surface area contributed by atoms with Crippen LogP contribution in [0, 0.1) is 11.3 Å². The summed E-state index contributed by atoms with van der Waals surface area (Å²) < 4.78 is 29.0. The molecular formula is C14H17NO3S. The lowest BCUT2D eigenvalue weighted by atomic mass is 9.97. The molecule has 1 aromatic carbocycles. The maximum Gasteiger partial charge on any atom is 0.150 e. The maximum atomic E-state index is 11.6. The molecule has 2 rings (SSSR count). The highest BCUT2D eigenvalue weighted by atomic mass is 32.2. The summed E-state index contributed by atoms with van der Waals surface area (Å²) in [5, 5.41) is 8.43. The van der Waals surface area contributed by atoms with Crippen molar-refractivity contribution in [2.75, 3.05) is 6.26 Å². The van der Waals surface area contributed by atoms with Crippen LogP contribution in [0.4, 0.5) is 0 Å². The fourth-order valence-corrected chi connectivity index (χ4v) is 3.56. The molecule has 2 unspecified atom stereocenters. The number of hydrogen-bond donors (Lipinski definition) is 0. The van der Waals surface area contributed by atoms with E-state index in [9.17, 15) is 8.42 Å². The molecule has 0 amide bonds. The number of hydrogen-bond acceptors (Lipinski definition) is 4. The molecule has 1 fully saturated rings. The molecule has 1 aliphatic carbocycles. The van der Waals surface area contributed by atoms with Crippen molar-refractivity contribution in [3.63, 3.8) is 0 Å². The summed E-state index contributed by atoms with van der Waals surface area (Å²) in [7, 11) is -2.98. The Kier molecular flexibility index (Phi) is 4.11. The summed E-state index contributed by atoms with van der Waals surface area (Å²) in [6, 6.07) is 8.96. The highest BCUT2D eigenvalue weighted by Crippen LogP contribution is 2.27. The lowest BCUT2D eigenvalue weighted by molar-refractivity contribution is 0.156. The molecule has 0 aromatic heterocycles. The standard InChI is InChI=1S/C14H17NO3S/c1-19(16,17)14-4-2-3-13(9-14)18-12-7-5-11(10-15)6-8-12/h5-8,13-14H,2-4,9H2,1H3. The molecule has 102 valence electrons. The minimum Gasteiger partial charge on any atom is -0.490 e. The first-order valence-corrected chi connectivity index (χ1v) is 8.30. The molecule has 0 spiro atoms. The van der Waals surface area contributed by atoms with Gasteiger partial charge in [0.1, 0.15) is 15.6 Å². The summed E-state index contributed by atoms with van der Waals surface area (Å²) >= 11 is 0. The normalized spacial score (nSPS) is 23.6. The van der Waals surface area contributed by atoms with Gasteiger partial charge >= 0.3 is 0 Å². The Morgan fingerprint density at radius 1 is 1.26 bits per heavy atom. The van der Waals surface area contributed by atoms with E-state index in [1.807, 2.05) is 6.07 Å². The van der Waals surface area contributed by atoms with Crippen molar-refractivity contribution in [1.29, 1.82) is 5.26 Å². The fourth-order valence-electron chi connectivity index (χ4n) is 2.40. The average Bonchev–Trinajstić information content (AvgIpc) is 2.39. The van der Waals surface area contributed by atoms with Gasteiger partial charge in [-0.3, -0.25) is 0 Å². The molecule has 2 atom stereocenters. The van der Waals surface area contributed by atoms with Gasteiger partial charge in [-0.2, -0.15) is 5.26 Å². The summed E-state index contributed by atoms with van der Waals surface area (Å²) in [5.74, 6) is 0.693. The number of ether oxygens (including phenoxy) is 1. The molecule has 0 aliphatic heterocycles. The van der Waals surface area contributed by atoms with Crippen molar-refractivity contribution in [2.45, 2.75) is 37.0 Å². The van der Waals surface area contributed by atoms with E-state index in [2.05, 4.69) is 0 Å². The van der Waals surface area contributed by atoms with Gasteiger partial charge in [-0.05, 0) is 43.5 Å². The van der Waals surface area contributed by atoms with Crippen LogP contribution in [0.1, 0.15) is 31.2 Å². The Bertz CT molecular complexity index is 572.